The van der Waals surface area contributed by atoms with Gasteiger partial charge in [-0.1, -0.05) is 47.5 Å². The van der Waals surface area contributed by atoms with Gasteiger partial charge in [-0.25, -0.2) is 4.79 Å². The van der Waals surface area contributed by atoms with Crippen LogP contribution < -0.4 is 0 Å². The van der Waals surface area contributed by atoms with Gasteiger partial charge in [0.2, 0.25) is 0 Å². The molecule has 0 N–H and O–H groups in total. The molecule has 0 unspecified atom stereocenters. The molecule has 3 aromatic rings. The number of amides is 2. The first-order valence-corrected chi connectivity index (χ1v) is 8.37. The molecule has 5 nitrogen and oxygen atoms in total. The van der Waals surface area contributed by atoms with Crippen LogP contribution >= 0.6 is 11.3 Å². The fourth-order valence-corrected chi connectivity index (χ4v) is 3.47. The molecule has 0 bridgehead atoms. The Morgan fingerprint density at radius 3 is 2.12 bits per heavy atom. The molecule has 25 heavy (non-hydrogen) atoms. The number of fused-ring (bicyclic) bond motifs is 1. The first kappa shape index (κ1) is 15.3. The highest BCUT2D eigenvalue weighted by molar-refractivity contribution is 7.13. The molecule has 1 aliphatic heterocycles. The minimum absolute atomic E-state index is 0.232. The molecule has 0 radical (unpaired) electrons. The molecular formula is C19H11NO4S. The van der Waals surface area contributed by atoms with Gasteiger partial charge in [0.15, 0.2) is 0 Å². The van der Waals surface area contributed by atoms with Crippen molar-refractivity contribution < 1.29 is 19.2 Å². The summed E-state index contributed by atoms with van der Waals surface area (Å²) in [6.07, 6.45) is 0. The molecule has 2 heterocycles. The molecule has 6 heteroatoms. The molecule has 122 valence electrons. The average molecular weight is 349 g/mol. The molecule has 0 atom stereocenters. The van der Waals surface area contributed by atoms with Gasteiger partial charge in [0.05, 0.1) is 16.7 Å². The van der Waals surface area contributed by atoms with Crippen LogP contribution in [0.15, 0.2) is 66.0 Å². The van der Waals surface area contributed by atoms with E-state index in [2.05, 4.69) is 0 Å². The average Bonchev–Trinajstić information content (AvgIpc) is 3.23. The lowest BCUT2D eigenvalue weighted by Crippen LogP contribution is -2.32. The van der Waals surface area contributed by atoms with E-state index in [1.54, 1.807) is 23.6 Å². The lowest BCUT2D eigenvalue weighted by molar-refractivity contribution is -0.0584. The zero-order valence-electron chi connectivity index (χ0n) is 12.8. The van der Waals surface area contributed by atoms with E-state index in [0.717, 1.165) is 10.4 Å². The summed E-state index contributed by atoms with van der Waals surface area (Å²) in [7, 11) is 0. The van der Waals surface area contributed by atoms with Gasteiger partial charge < -0.3 is 4.84 Å². The minimum atomic E-state index is -0.743. The van der Waals surface area contributed by atoms with Gasteiger partial charge in [-0.05, 0) is 23.8 Å². The summed E-state index contributed by atoms with van der Waals surface area (Å²) >= 11 is 1.39. The van der Waals surface area contributed by atoms with Gasteiger partial charge in [-0.2, -0.15) is 0 Å². The van der Waals surface area contributed by atoms with Gasteiger partial charge in [0, 0.05) is 10.3 Å². The molecule has 0 fully saturated rings. The third-order valence-electron chi connectivity index (χ3n) is 3.82. The molecule has 0 spiro atoms. The molecule has 2 aromatic carbocycles. The highest BCUT2D eigenvalue weighted by Gasteiger charge is 2.38. The number of rotatable bonds is 3. The molecule has 0 saturated carbocycles. The van der Waals surface area contributed by atoms with Crippen molar-refractivity contribution in [2.45, 2.75) is 0 Å². The van der Waals surface area contributed by atoms with Crippen molar-refractivity contribution in [2.75, 3.05) is 0 Å². The van der Waals surface area contributed by atoms with Crippen molar-refractivity contribution >= 4 is 29.1 Å². The lowest BCUT2D eigenvalue weighted by Gasteiger charge is -2.11. The highest BCUT2D eigenvalue weighted by Crippen LogP contribution is 2.28. The number of hydrogen-bond donors (Lipinski definition) is 0. The molecule has 0 saturated heterocycles. The normalized spacial score (nSPS) is 13.0. The largest absolute Gasteiger partial charge is 0.364 e. The van der Waals surface area contributed by atoms with E-state index in [1.165, 1.54) is 23.5 Å². The Morgan fingerprint density at radius 1 is 0.880 bits per heavy atom. The van der Waals surface area contributed by atoms with Crippen molar-refractivity contribution in [3.8, 4) is 10.4 Å². The molecule has 2 amide bonds. The summed E-state index contributed by atoms with van der Waals surface area (Å²) in [6.45, 7) is 0. The van der Waals surface area contributed by atoms with Gasteiger partial charge >= 0.3 is 5.97 Å². The topological polar surface area (TPSA) is 63.7 Å². The van der Waals surface area contributed by atoms with Crippen LogP contribution in [0.4, 0.5) is 0 Å². The molecule has 1 aliphatic rings. The monoisotopic (exact) mass is 349 g/mol. The van der Waals surface area contributed by atoms with Crippen LogP contribution in [0, 0.1) is 0 Å². The van der Waals surface area contributed by atoms with Crippen LogP contribution in [0.2, 0.25) is 0 Å². The Hall–Kier alpha value is -3.25. The van der Waals surface area contributed by atoms with E-state index < -0.39 is 17.8 Å². The first-order valence-electron chi connectivity index (χ1n) is 7.49. The van der Waals surface area contributed by atoms with Gasteiger partial charge in [-0.15, -0.1) is 11.3 Å². The van der Waals surface area contributed by atoms with Crippen molar-refractivity contribution in [3.05, 3.63) is 82.7 Å². The smallest absolute Gasteiger partial charge is 0.324 e. The number of carbonyl (C=O) groups excluding carboxylic acids is 3. The van der Waals surface area contributed by atoms with Crippen molar-refractivity contribution in [3.63, 3.8) is 0 Å². The van der Waals surface area contributed by atoms with Crippen LogP contribution in [-0.2, 0) is 4.84 Å². The van der Waals surface area contributed by atoms with Gasteiger partial charge in [0.1, 0.15) is 0 Å². The second kappa shape index (κ2) is 5.99. The van der Waals surface area contributed by atoms with E-state index >= 15 is 0 Å². The Kier molecular flexibility index (Phi) is 3.66. The molecular weight excluding hydrogens is 338 g/mol. The first-order chi connectivity index (χ1) is 12.1. The summed E-state index contributed by atoms with van der Waals surface area (Å²) in [4.78, 5) is 42.7. The predicted octanol–water partition coefficient (Wildman–Crippen LogP) is 3.78. The number of benzene rings is 2. The summed E-state index contributed by atoms with van der Waals surface area (Å²) in [5.74, 6) is -2.01. The van der Waals surface area contributed by atoms with Crippen LogP contribution in [0.25, 0.3) is 10.4 Å². The summed E-state index contributed by atoms with van der Waals surface area (Å²) < 4.78 is 0. The Morgan fingerprint density at radius 2 is 1.48 bits per heavy atom. The van der Waals surface area contributed by atoms with E-state index in [-0.39, 0.29) is 11.1 Å². The van der Waals surface area contributed by atoms with Gasteiger partial charge in [-0.3, -0.25) is 9.59 Å². The van der Waals surface area contributed by atoms with Crippen LogP contribution in [0.3, 0.4) is 0 Å². The Balaban J connectivity index is 1.55. The van der Waals surface area contributed by atoms with Gasteiger partial charge in [0.25, 0.3) is 11.8 Å². The SMILES string of the molecule is O=C(ON1C(=O)c2ccccc2C1=O)c1csc(-c2ccccc2)c1. The maximum Gasteiger partial charge on any atom is 0.364 e. The maximum atomic E-state index is 12.3. The van der Waals surface area contributed by atoms with Crippen LogP contribution in [0.5, 0.6) is 0 Å². The number of carbonyl (C=O) groups is 3. The zero-order chi connectivity index (χ0) is 17.4. The van der Waals surface area contributed by atoms with Crippen molar-refractivity contribution in [2.24, 2.45) is 0 Å². The molecule has 0 aliphatic carbocycles. The summed E-state index contributed by atoms with van der Waals surface area (Å²) in [6, 6.07) is 17.6. The standard InChI is InChI=1S/C19H11NO4S/c21-17-14-8-4-5-9-15(14)18(22)20(17)24-19(23)13-10-16(25-11-13)12-6-2-1-3-7-12/h1-11H. The lowest BCUT2D eigenvalue weighted by atomic mass is 10.1. The number of imide groups is 1. The number of thiophene rings is 1. The number of hydroxylamine groups is 2. The second-order valence-corrected chi connectivity index (χ2v) is 6.31. The summed E-state index contributed by atoms with van der Waals surface area (Å²) in [5, 5.41) is 2.16. The Bertz CT molecular complexity index is 958. The highest BCUT2D eigenvalue weighted by atomic mass is 32.1. The van der Waals surface area contributed by atoms with E-state index in [9.17, 15) is 14.4 Å². The predicted molar refractivity (Wildman–Crippen MR) is 92.1 cm³/mol. The van der Waals surface area contributed by atoms with Crippen LogP contribution in [0.1, 0.15) is 31.1 Å². The van der Waals surface area contributed by atoms with Crippen molar-refractivity contribution in [1.29, 1.82) is 0 Å². The fourth-order valence-electron chi connectivity index (χ4n) is 2.58. The van der Waals surface area contributed by atoms with Crippen LogP contribution in [-0.4, -0.2) is 22.8 Å². The second-order valence-electron chi connectivity index (χ2n) is 5.39. The maximum absolute atomic E-state index is 12.3. The Labute approximate surface area is 147 Å². The van der Waals surface area contributed by atoms with E-state index in [1.807, 2.05) is 30.3 Å². The molecule has 1 aromatic heterocycles. The van der Waals surface area contributed by atoms with E-state index in [4.69, 9.17) is 4.84 Å². The minimum Gasteiger partial charge on any atom is -0.324 e. The molecule has 4 rings (SSSR count). The number of nitrogens with zero attached hydrogens (tertiary/aromatic N) is 1. The third kappa shape index (κ3) is 2.62. The van der Waals surface area contributed by atoms with E-state index in [0.29, 0.717) is 10.6 Å². The van der Waals surface area contributed by atoms with Crippen molar-refractivity contribution in [1.82, 2.24) is 5.06 Å². The fraction of sp³-hybridized carbons (Fsp3) is 0. The summed E-state index contributed by atoms with van der Waals surface area (Å²) in [5.41, 5.74) is 1.74. The number of hydrogen-bond acceptors (Lipinski definition) is 5. The zero-order valence-corrected chi connectivity index (χ0v) is 13.7. The third-order valence-corrected chi connectivity index (χ3v) is 4.80. The quantitative estimate of drug-likeness (QED) is 0.675.